The Morgan fingerprint density at radius 3 is 2.42 bits per heavy atom. The van der Waals surface area contributed by atoms with E-state index in [0.29, 0.717) is 29.4 Å². The number of nitrogens with zero attached hydrogens (tertiary/aromatic N) is 3. The van der Waals surface area contributed by atoms with Crippen LogP contribution >= 0.6 is 0 Å². The predicted octanol–water partition coefficient (Wildman–Crippen LogP) is 0.709. The van der Waals surface area contributed by atoms with Crippen LogP contribution in [-0.4, -0.2) is 25.1 Å². The van der Waals surface area contributed by atoms with Crippen molar-refractivity contribution in [2.24, 2.45) is 34.5 Å². The van der Waals surface area contributed by atoms with Crippen LogP contribution in [0.25, 0.3) is 5.69 Å². The van der Waals surface area contributed by atoms with Gasteiger partial charge in [0.15, 0.2) is 0 Å². The number of benzene rings is 1. The first-order valence-corrected chi connectivity index (χ1v) is 9.53. The Morgan fingerprint density at radius 2 is 1.65 bits per heavy atom. The molecule has 3 heterocycles. The van der Waals surface area contributed by atoms with Gasteiger partial charge in [0, 0.05) is 10.8 Å². The van der Waals surface area contributed by atoms with Gasteiger partial charge in [-0.15, -0.1) is 0 Å². The van der Waals surface area contributed by atoms with Crippen LogP contribution in [0.4, 0.5) is 0 Å². The van der Waals surface area contributed by atoms with E-state index in [-0.39, 0.29) is 34.3 Å². The maximum atomic E-state index is 13.3. The molecular weight excluding hydrogens is 330 g/mol. The monoisotopic (exact) mass is 347 g/mol. The number of rotatable bonds is 1. The lowest BCUT2D eigenvalue weighted by molar-refractivity contribution is -0.00744. The first-order valence-electron chi connectivity index (χ1n) is 9.53. The predicted molar refractivity (Wildman–Crippen MR) is 91.0 cm³/mol. The van der Waals surface area contributed by atoms with Gasteiger partial charge in [0.05, 0.1) is 23.9 Å². The van der Waals surface area contributed by atoms with Gasteiger partial charge in [-0.25, -0.2) is 23.5 Å². The molecule has 0 unspecified atom stereocenters. The van der Waals surface area contributed by atoms with Crippen LogP contribution in [-0.2, 0) is 0 Å². The van der Waals surface area contributed by atoms with Crippen molar-refractivity contribution in [1.82, 2.24) is 13.9 Å². The van der Waals surface area contributed by atoms with E-state index >= 15 is 0 Å². The third-order valence-electron chi connectivity index (χ3n) is 8.81. The lowest BCUT2D eigenvalue weighted by Crippen LogP contribution is -2.53. The summed E-state index contributed by atoms with van der Waals surface area (Å²) in [5.41, 5.74) is 0.254. The average molecular weight is 347 g/mol. The number of aliphatic hydroxyl groups excluding tert-OH is 1. The highest BCUT2D eigenvalue weighted by molar-refractivity contribution is 5.54. The average Bonchev–Trinajstić information content (AvgIpc) is 3.40. The molecule has 26 heavy (non-hydrogen) atoms. The minimum Gasteiger partial charge on any atom is -0.389 e. The van der Waals surface area contributed by atoms with Crippen molar-refractivity contribution in [2.75, 3.05) is 0 Å². The third kappa shape index (κ3) is 0.895. The molecule has 5 aliphatic carbocycles. The van der Waals surface area contributed by atoms with Gasteiger partial charge in [-0.1, -0.05) is 30.4 Å². The summed E-state index contributed by atoms with van der Waals surface area (Å²) >= 11 is 0. The highest BCUT2D eigenvalue weighted by Gasteiger charge is 3.02. The zero-order chi connectivity index (χ0) is 17.2. The summed E-state index contributed by atoms with van der Waals surface area (Å²) in [4.78, 5) is 26.7. The van der Waals surface area contributed by atoms with E-state index in [1.165, 1.54) is 4.57 Å². The zero-order valence-electron chi connectivity index (χ0n) is 13.9. The van der Waals surface area contributed by atoms with Gasteiger partial charge in [0.1, 0.15) is 0 Å². The maximum absolute atomic E-state index is 13.3. The molecule has 2 spiro atoms. The fraction of sp³-hybridized carbons (Fsp3) is 0.500. The number of aromatic nitrogens is 3. The number of hydrogen-bond donors (Lipinski definition) is 1. The summed E-state index contributed by atoms with van der Waals surface area (Å²) in [6, 6.07) is 9.41. The number of hydrogen-bond acceptors (Lipinski definition) is 3. The molecule has 4 saturated carbocycles. The molecule has 6 nitrogen and oxygen atoms in total. The highest BCUT2D eigenvalue weighted by atomic mass is 16.3. The SMILES string of the molecule is O=c1n(-c2ccccc2)c(=O)n2n1[C@H]1[C@@H]3[C@@H]4[C@@H]3[C@@H]3[C@]15C=C[C@H](O)C[C@@]35[C@H]42. The van der Waals surface area contributed by atoms with Crippen LogP contribution in [0.15, 0.2) is 52.1 Å². The molecule has 4 fully saturated rings. The van der Waals surface area contributed by atoms with Gasteiger partial charge in [-0.05, 0) is 42.2 Å². The third-order valence-corrected chi connectivity index (χ3v) is 8.81. The number of para-hydroxylation sites is 1. The van der Waals surface area contributed by atoms with Gasteiger partial charge in [0.2, 0.25) is 0 Å². The molecule has 0 saturated heterocycles. The van der Waals surface area contributed by atoms with E-state index in [9.17, 15) is 14.7 Å². The van der Waals surface area contributed by atoms with Crippen molar-refractivity contribution in [3.8, 4) is 5.69 Å². The van der Waals surface area contributed by atoms with Gasteiger partial charge < -0.3 is 5.11 Å². The van der Waals surface area contributed by atoms with Crippen molar-refractivity contribution in [3.05, 3.63) is 63.5 Å². The smallest absolute Gasteiger partial charge is 0.352 e. The molecule has 9 atom stereocenters. The molecule has 130 valence electrons. The quantitative estimate of drug-likeness (QED) is 0.773. The Morgan fingerprint density at radius 1 is 0.962 bits per heavy atom. The Hall–Kier alpha value is -2.34. The number of aliphatic hydroxyl groups is 1. The molecule has 2 aliphatic heterocycles. The lowest BCUT2D eigenvalue weighted by atomic mass is 9.67. The largest absolute Gasteiger partial charge is 0.389 e. The first kappa shape index (κ1) is 12.9. The van der Waals surface area contributed by atoms with Crippen molar-refractivity contribution >= 4 is 0 Å². The van der Waals surface area contributed by atoms with Gasteiger partial charge in [-0.2, -0.15) is 0 Å². The highest BCUT2D eigenvalue weighted by Crippen LogP contribution is 3.03. The van der Waals surface area contributed by atoms with E-state index in [0.717, 1.165) is 6.42 Å². The van der Waals surface area contributed by atoms with E-state index in [1.807, 2.05) is 36.4 Å². The van der Waals surface area contributed by atoms with Crippen LogP contribution in [0.3, 0.4) is 0 Å². The van der Waals surface area contributed by atoms with Gasteiger partial charge >= 0.3 is 11.4 Å². The minimum absolute atomic E-state index is 0.00898. The summed E-state index contributed by atoms with van der Waals surface area (Å²) in [6.07, 6.45) is 4.47. The normalized spacial score (nSPS) is 52.0. The molecule has 0 amide bonds. The Labute approximate surface area is 148 Å². The standard InChI is InChI=1S/C20H17N3O3/c24-10-6-7-19-14-11-12-13(11)16(20(14,19)8-10)23-18(26)21(9-4-2-1-3-5-9)17(25)22(23)15(12)19/h1-7,10-16,24H,8H2/t10-,11+,12-,13-,14+,15-,16-,19+,20-/m0/s1. The molecule has 9 rings (SSSR count). The summed E-state index contributed by atoms with van der Waals surface area (Å²) in [6.45, 7) is 0. The van der Waals surface area contributed by atoms with Gasteiger partial charge in [-0.3, -0.25) is 0 Å². The summed E-state index contributed by atoms with van der Waals surface area (Å²) in [5.74, 6) is 2.30. The fourth-order valence-corrected chi connectivity index (χ4v) is 8.52. The van der Waals surface area contributed by atoms with Crippen molar-refractivity contribution in [1.29, 1.82) is 0 Å². The van der Waals surface area contributed by atoms with Crippen LogP contribution in [0.5, 0.6) is 0 Å². The lowest BCUT2D eigenvalue weighted by Gasteiger charge is -2.49. The maximum Gasteiger partial charge on any atom is 0.352 e. The van der Waals surface area contributed by atoms with E-state index < -0.39 is 6.10 Å². The van der Waals surface area contributed by atoms with Crippen LogP contribution in [0.1, 0.15) is 18.5 Å². The Bertz CT molecular complexity index is 1190. The van der Waals surface area contributed by atoms with Crippen LogP contribution in [0, 0.1) is 34.5 Å². The van der Waals surface area contributed by atoms with Crippen LogP contribution in [0.2, 0.25) is 0 Å². The molecule has 2 aromatic rings. The van der Waals surface area contributed by atoms with Crippen LogP contribution < -0.4 is 11.4 Å². The molecule has 7 aliphatic rings. The zero-order valence-corrected chi connectivity index (χ0v) is 13.9. The molecular formula is C20H17N3O3. The van der Waals surface area contributed by atoms with E-state index in [4.69, 9.17) is 0 Å². The Balaban J connectivity index is 1.47. The molecule has 1 aromatic carbocycles. The van der Waals surface area contributed by atoms with E-state index in [2.05, 4.69) is 6.08 Å². The topological polar surface area (TPSA) is 69.2 Å². The molecule has 0 radical (unpaired) electrons. The minimum atomic E-state index is -0.421. The second kappa shape index (κ2) is 3.31. The molecule has 6 heteroatoms. The fourth-order valence-electron chi connectivity index (χ4n) is 8.52. The second-order valence-electron chi connectivity index (χ2n) is 9.13. The van der Waals surface area contributed by atoms with Crippen molar-refractivity contribution in [2.45, 2.75) is 24.6 Å². The Kier molecular flexibility index (Phi) is 1.65. The summed E-state index contributed by atoms with van der Waals surface area (Å²) in [7, 11) is 0. The first-order chi connectivity index (χ1) is 12.6. The van der Waals surface area contributed by atoms with E-state index in [1.54, 1.807) is 9.36 Å². The second-order valence-corrected chi connectivity index (χ2v) is 9.13. The molecule has 1 N–H and O–H groups in total. The molecule has 2 bridgehead atoms. The van der Waals surface area contributed by atoms with Crippen molar-refractivity contribution < 1.29 is 5.11 Å². The van der Waals surface area contributed by atoms with Crippen molar-refractivity contribution in [3.63, 3.8) is 0 Å². The van der Waals surface area contributed by atoms with Gasteiger partial charge in [0.25, 0.3) is 0 Å². The summed E-state index contributed by atoms with van der Waals surface area (Å²) in [5, 5.41) is 10.3. The summed E-state index contributed by atoms with van der Waals surface area (Å²) < 4.78 is 4.93. The number of allylic oxidation sites excluding steroid dienone is 1. The molecule has 1 aromatic heterocycles.